The van der Waals surface area contributed by atoms with Gasteiger partial charge >= 0.3 is 6.09 Å². The number of carbonyl (C=O) groups excluding carboxylic acids is 1. The Morgan fingerprint density at radius 1 is 1.14 bits per heavy atom. The summed E-state index contributed by atoms with van der Waals surface area (Å²) in [6.45, 7) is 8.75. The number of hydrogen-bond acceptors (Lipinski definition) is 3. The molecule has 1 aliphatic heterocycles. The van der Waals surface area contributed by atoms with Gasteiger partial charge in [-0.2, -0.15) is 0 Å². The number of fused-ring (bicyclic) bond motifs is 2. The number of hydrogen-bond donors (Lipinski definition) is 1. The molecule has 2 saturated carbocycles. The summed E-state index contributed by atoms with van der Waals surface area (Å²) in [5.74, 6) is 1.91. The zero-order valence-corrected chi connectivity index (χ0v) is 14.6. The van der Waals surface area contributed by atoms with Gasteiger partial charge in [0.2, 0.25) is 0 Å². The van der Waals surface area contributed by atoms with Crippen molar-refractivity contribution in [3.05, 3.63) is 0 Å². The number of nitrogens with one attached hydrogen (secondary N) is 1. The Hall–Kier alpha value is -0.770. The number of rotatable bonds is 2. The Labute approximate surface area is 135 Å². The summed E-state index contributed by atoms with van der Waals surface area (Å²) in [6, 6.07) is 1.57. The van der Waals surface area contributed by atoms with E-state index in [0.29, 0.717) is 6.04 Å². The van der Waals surface area contributed by atoms with Gasteiger partial charge in [-0.15, -0.1) is 0 Å². The van der Waals surface area contributed by atoms with Crippen LogP contribution in [0.5, 0.6) is 0 Å². The van der Waals surface area contributed by atoms with Crippen LogP contribution in [0.3, 0.4) is 0 Å². The summed E-state index contributed by atoms with van der Waals surface area (Å²) in [6.07, 6.45) is 7.66. The van der Waals surface area contributed by atoms with E-state index in [1.807, 2.05) is 25.7 Å². The van der Waals surface area contributed by atoms with E-state index in [4.69, 9.17) is 4.74 Å². The fourth-order valence-corrected chi connectivity index (χ4v) is 4.67. The van der Waals surface area contributed by atoms with E-state index < -0.39 is 5.60 Å². The smallest absolute Gasteiger partial charge is 0.410 e. The highest BCUT2D eigenvalue weighted by Gasteiger charge is 2.41. The van der Waals surface area contributed by atoms with Gasteiger partial charge in [0.1, 0.15) is 5.60 Å². The van der Waals surface area contributed by atoms with Gasteiger partial charge in [0.25, 0.3) is 0 Å². The van der Waals surface area contributed by atoms with Gasteiger partial charge < -0.3 is 15.0 Å². The van der Waals surface area contributed by atoms with Gasteiger partial charge in [-0.1, -0.05) is 6.42 Å². The number of likely N-dealkylation sites (tertiary alicyclic amines) is 1. The van der Waals surface area contributed by atoms with E-state index in [1.165, 1.54) is 25.7 Å². The van der Waals surface area contributed by atoms with Crippen LogP contribution in [0.1, 0.15) is 66.2 Å². The first-order valence-corrected chi connectivity index (χ1v) is 9.07. The minimum Gasteiger partial charge on any atom is -0.444 e. The molecule has 0 aromatic rings. The van der Waals surface area contributed by atoms with Gasteiger partial charge in [-0.25, -0.2) is 4.79 Å². The van der Waals surface area contributed by atoms with Gasteiger partial charge in [-0.05, 0) is 71.6 Å². The van der Waals surface area contributed by atoms with Crippen molar-refractivity contribution in [3.8, 4) is 0 Å². The lowest BCUT2D eigenvalue weighted by Gasteiger charge is -2.40. The van der Waals surface area contributed by atoms with Crippen molar-refractivity contribution < 1.29 is 9.53 Å². The Balaban J connectivity index is 1.48. The van der Waals surface area contributed by atoms with Crippen LogP contribution in [0.4, 0.5) is 4.79 Å². The van der Waals surface area contributed by atoms with Crippen LogP contribution in [0.25, 0.3) is 0 Å². The van der Waals surface area contributed by atoms with Crippen molar-refractivity contribution in [1.29, 1.82) is 0 Å². The van der Waals surface area contributed by atoms with Crippen LogP contribution in [-0.2, 0) is 4.74 Å². The molecule has 4 heteroatoms. The quantitative estimate of drug-likeness (QED) is 0.848. The van der Waals surface area contributed by atoms with Crippen molar-refractivity contribution in [2.75, 3.05) is 6.54 Å². The second kappa shape index (κ2) is 6.03. The molecule has 0 radical (unpaired) electrons. The molecular formula is C18H32N2O2. The number of amides is 1. The summed E-state index contributed by atoms with van der Waals surface area (Å²) in [5, 5.41) is 3.91. The second-order valence-corrected chi connectivity index (χ2v) is 8.69. The van der Waals surface area contributed by atoms with Gasteiger partial charge in [-0.3, -0.25) is 0 Å². The highest BCUT2D eigenvalue weighted by molar-refractivity contribution is 5.68. The first kappa shape index (κ1) is 16.1. The summed E-state index contributed by atoms with van der Waals surface area (Å²) in [4.78, 5) is 14.2. The molecule has 3 fully saturated rings. The van der Waals surface area contributed by atoms with Crippen LogP contribution in [0, 0.1) is 11.8 Å². The fourth-order valence-electron chi connectivity index (χ4n) is 4.67. The van der Waals surface area contributed by atoms with E-state index in [-0.39, 0.29) is 12.1 Å². The van der Waals surface area contributed by atoms with Crippen molar-refractivity contribution >= 4 is 6.09 Å². The molecule has 3 aliphatic rings. The topological polar surface area (TPSA) is 41.6 Å². The molecule has 4 nitrogen and oxygen atoms in total. The lowest BCUT2D eigenvalue weighted by molar-refractivity contribution is 0.00871. The fraction of sp³-hybridized carbons (Fsp3) is 0.944. The Morgan fingerprint density at radius 2 is 1.91 bits per heavy atom. The molecule has 3 rings (SSSR count). The van der Waals surface area contributed by atoms with Gasteiger partial charge in [0.05, 0.1) is 0 Å². The maximum atomic E-state index is 12.3. The minimum atomic E-state index is -0.408. The predicted molar refractivity (Wildman–Crippen MR) is 87.8 cm³/mol. The molecule has 22 heavy (non-hydrogen) atoms. The molecule has 126 valence electrons. The number of ether oxygens (including phenoxy) is 1. The molecule has 1 N–H and O–H groups in total. The molecule has 2 bridgehead atoms. The van der Waals surface area contributed by atoms with E-state index in [2.05, 4.69) is 12.2 Å². The summed E-state index contributed by atoms with van der Waals surface area (Å²) in [7, 11) is 0. The second-order valence-electron chi connectivity index (χ2n) is 8.69. The van der Waals surface area contributed by atoms with Crippen molar-refractivity contribution in [1.82, 2.24) is 10.2 Å². The first-order valence-electron chi connectivity index (χ1n) is 9.07. The van der Waals surface area contributed by atoms with Crippen molar-refractivity contribution in [2.24, 2.45) is 11.8 Å². The van der Waals surface area contributed by atoms with E-state index in [9.17, 15) is 4.79 Å². The summed E-state index contributed by atoms with van der Waals surface area (Å²) < 4.78 is 5.52. The van der Waals surface area contributed by atoms with Crippen molar-refractivity contribution in [2.45, 2.75) is 89.9 Å². The van der Waals surface area contributed by atoms with E-state index in [0.717, 1.165) is 37.3 Å². The molecule has 0 aromatic carbocycles. The average Bonchev–Trinajstić information content (AvgIpc) is 2.98. The SMILES string of the molecule is CC1CC(NC2CC3CCC2C3)CCN1C(=O)OC(C)(C)C. The lowest BCUT2D eigenvalue weighted by atomic mass is 9.92. The predicted octanol–water partition coefficient (Wildman–Crippen LogP) is 3.55. The van der Waals surface area contributed by atoms with Gasteiger partial charge in [0.15, 0.2) is 0 Å². The molecule has 1 saturated heterocycles. The largest absolute Gasteiger partial charge is 0.444 e. The molecular weight excluding hydrogens is 276 g/mol. The summed E-state index contributed by atoms with van der Waals surface area (Å²) in [5.41, 5.74) is -0.408. The van der Waals surface area contributed by atoms with Crippen LogP contribution in [0.2, 0.25) is 0 Å². The number of carbonyl (C=O) groups is 1. The van der Waals surface area contributed by atoms with Gasteiger partial charge in [0, 0.05) is 24.7 Å². The zero-order chi connectivity index (χ0) is 15.9. The zero-order valence-electron chi connectivity index (χ0n) is 14.6. The van der Waals surface area contributed by atoms with Crippen LogP contribution in [0.15, 0.2) is 0 Å². The summed E-state index contributed by atoms with van der Waals surface area (Å²) >= 11 is 0. The third kappa shape index (κ3) is 3.58. The maximum Gasteiger partial charge on any atom is 0.410 e. The van der Waals surface area contributed by atoms with Crippen LogP contribution in [-0.4, -0.2) is 41.3 Å². The van der Waals surface area contributed by atoms with E-state index in [1.54, 1.807) is 0 Å². The normalized spacial score (nSPS) is 38.4. The number of nitrogens with zero attached hydrogens (tertiary/aromatic N) is 1. The highest BCUT2D eigenvalue weighted by Crippen LogP contribution is 2.44. The molecule has 2 aliphatic carbocycles. The third-order valence-electron chi connectivity index (χ3n) is 5.69. The Morgan fingerprint density at radius 3 is 2.45 bits per heavy atom. The maximum absolute atomic E-state index is 12.3. The third-order valence-corrected chi connectivity index (χ3v) is 5.69. The highest BCUT2D eigenvalue weighted by atomic mass is 16.6. The molecule has 0 aromatic heterocycles. The first-order chi connectivity index (χ1) is 10.3. The van der Waals surface area contributed by atoms with Crippen LogP contribution < -0.4 is 5.32 Å². The van der Waals surface area contributed by atoms with Crippen molar-refractivity contribution in [3.63, 3.8) is 0 Å². The molecule has 1 amide bonds. The number of piperidine rings is 1. The Kier molecular flexibility index (Phi) is 4.41. The van der Waals surface area contributed by atoms with E-state index >= 15 is 0 Å². The van der Waals surface area contributed by atoms with Crippen LogP contribution >= 0.6 is 0 Å². The monoisotopic (exact) mass is 308 g/mol. The molecule has 5 unspecified atom stereocenters. The minimum absolute atomic E-state index is 0.154. The molecule has 5 atom stereocenters. The molecule has 0 spiro atoms. The molecule has 1 heterocycles. The Bertz CT molecular complexity index is 418. The average molecular weight is 308 g/mol. The lowest BCUT2D eigenvalue weighted by Crippen LogP contribution is -2.53. The standard InChI is InChI=1S/C18H32N2O2/c1-12-9-15(19-16-11-13-5-6-14(16)10-13)7-8-20(12)17(21)22-18(2,3)4/h12-16,19H,5-11H2,1-4H3.